The summed E-state index contributed by atoms with van der Waals surface area (Å²) in [6, 6.07) is 1.44. The fourth-order valence-electron chi connectivity index (χ4n) is 1.30. The lowest BCUT2D eigenvalue weighted by Gasteiger charge is -2.12. The first-order valence-electron chi connectivity index (χ1n) is 5.08. The molecule has 3 N–H and O–H groups in total. The van der Waals surface area contributed by atoms with Crippen LogP contribution in [0.25, 0.3) is 0 Å². The molecule has 0 aromatic carbocycles. The molecule has 1 rings (SSSR count). The summed E-state index contributed by atoms with van der Waals surface area (Å²) >= 11 is 0. The van der Waals surface area contributed by atoms with Crippen LogP contribution in [0.3, 0.4) is 0 Å². The van der Waals surface area contributed by atoms with E-state index in [1.807, 2.05) is 0 Å². The summed E-state index contributed by atoms with van der Waals surface area (Å²) in [6.07, 6.45) is 0.738. The maximum absolute atomic E-state index is 11.7. The maximum Gasteiger partial charge on any atom is 0.326 e. The zero-order valence-corrected chi connectivity index (χ0v) is 9.58. The number of hydrogen-bond acceptors (Lipinski definition) is 4. The van der Waals surface area contributed by atoms with Crippen molar-refractivity contribution in [1.82, 2.24) is 10.3 Å². The number of amides is 1. The first kappa shape index (κ1) is 13.6. The topological polar surface area (TPSA) is 117 Å². The summed E-state index contributed by atoms with van der Waals surface area (Å²) in [6.45, 7) is 1.68. The number of rotatable bonds is 5. The molecular formula is C11H12N2O5. The largest absolute Gasteiger partial charge is 0.481 e. The second-order valence-corrected chi connectivity index (χ2v) is 3.65. The van der Waals surface area contributed by atoms with Crippen molar-refractivity contribution in [3.63, 3.8) is 0 Å². The van der Waals surface area contributed by atoms with Gasteiger partial charge in [0.1, 0.15) is 6.04 Å². The molecular weight excluding hydrogens is 240 g/mol. The van der Waals surface area contributed by atoms with Gasteiger partial charge >= 0.3 is 11.9 Å². The van der Waals surface area contributed by atoms with Gasteiger partial charge in [-0.05, 0) is 19.1 Å². The molecule has 0 fully saturated rings. The summed E-state index contributed by atoms with van der Waals surface area (Å²) in [5, 5.41) is 19.5. The summed E-state index contributed by atoms with van der Waals surface area (Å²) in [7, 11) is 0. The SMILES string of the molecule is Cc1cc(C(=O)N[C@@H](CC(=O)O)C(=O)O)ccn1. The van der Waals surface area contributed by atoms with Gasteiger partial charge in [0, 0.05) is 17.5 Å². The Morgan fingerprint density at radius 1 is 1.39 bits per heavy atom. The fourth-order valence-corrected chi connectivity index (χ4v) is 1.30. The molecule has 1 heterocycles. The lowest BCUT2D eigenvalue weighted by molar-refractivity contribution is -0.145. The van der Waals surface area contributed by atoms with Crippen LogP contribution >= 0.6 is 0 Å². The minimum absolute atomic E-state index is 0.235. The molecule has 0 unspecified atom stereocenters. The number of carbonyl (C=O) groups excluding carboxylic acids is 1. The fraction of sp³-hybridized carbons (Fsp3) is 0.273. The van der Waals surface area contributed by atoms with Crippen LogP contribution in [0.4, 0.5) is 0 Å². The zero-order chi connectivity index (χ0) is 13.7. The van der Waals surface area contributed by atoms with Gasteiger partial charge in [-0.2, -0.15) is 0 Å². The predicted octanol–water partition coefficient (Wildman–Crippen LogP) is 0.0477. The third-order valence-electron chi connectivity index (χ3n) is 2.14. The molecule has 96 valence electrons. The average molecular weight is 252 g/mol. The van der Waals surface area contributed by atoms with Gasteiger partial charge in [0.25, 0.3) is 5.91 Å². The number of aliphatic carboxylic acids is 2. The summed E-state index contributed by atoms with van der Waals surface area (Å²) in [5.74, 6) is -3.33. The molecule has 1 aromatic heterocycles. The van der Waals surface area contributed by atoms with E-state index in [2.05, 4.69) is 10.3 Å². The number of nitrogens with one attached hydrogen (secondary N) is 1. The first-order chi connectivity index (χ1) is 8.40. The highest BCUT2D eigenvalue weighted by Gasteiger charge is 2.23. The molecule has 0 bridgehead atoms. The second-order valence-electron chi connectivity index (χ2n) is 3.65. The van der Waals surface area contributed by atoms with Gasteiger partial charge < -0.3 is 15.5 Å². The van der Waals surface area contributed by atoms with E-state index in [9.17, 15) is 14.4 Å². The van der Waals surface area contributed by atoms with E-state index in [0.717, 1.165) is 0 Å². The standard InChI is InChI=1S/C11H12N2O5/c1-6-4-7(2-3-12-6)10(16)13-8(11(17)18)5-9(14)15/h2-4,8H,5H2,1H3,(H,13,16)(H,14,15)(H,17,18)/t8-/m0/s1. The Bertz CT molecular complexity index is 486. The molecule has 0 radical (unpaired) electrons. The molecule has 0 aliphatic carbocycles. The first-order valence-corrected chi connectivity index (χ1v) is 5.08. The summed E-state index contributed by atoms with van der Waals surface area (Å²) < 4.78 is 0. The van der Waals surface area contributed by atoms with Crippen molar-refractivity contribution >= 4 is 17.8 Å². The molecule has 7 heteroatoms. The van der Waals surface area contributed by atoms with Crippen molar-refractivity contribution < 1.29 is 24.6 Å². The van der Waals surface area contributed by atoms with Crippen LogP contribution in [0.15, 0.2) is 18.3 Å². The predicted molar refractivity (Wildman–Crippen MR) is 60.1 cm³/mol. The van der Waals surface area contributed by atoms with Gasteiger partial charge in [-0.3, -0.25) is 14.6 Å². The van der Waals surface area contributed by atoms with Crippen LogP contribution in [0.2, 0.25) is 0 Å². The van der Waals surface area contributed by atoms with Crippen LogP contribution in [0.5, 0.6) is 0 Å². The lowest BCUT2D eigenvalue weighted by Crippen LogP contribution is -2.42. The van der Waals surface area contributed by atoms with Gasteiger partial charge in [-0.1, -0.05) is 0 Å². The van der Waals surface area contributed by atoms with Gasteiger partial charge in [-0.25, -0.2) is 4.79 Å². The Kier molecular flexibility index (Phi) is 4.36. The number of aromatic nitrogens is 1. The Balaban J connectivity index is 2.78. The Hall–Kier alpha value is -2.44. The minimum Gasteiger partial charge on any atom is -0.481 e. The number of hydrogen-bond donors (Lipinski definition) is 3. The summed E-state index contributed by atoms with van der Waals surface area (Å²) in [4.78, 5) is 36.8. The molecule has 0 saturated carbocycles. The molecule has 0 aliphatic heterocycles. The van der Waals surface area contributed by atoms with Crippen molar-refractivity contribution in [2.45, 2.75) is 19.4 Å². The maximum atomic E-state index is 11.7. The van der Waals surface area contributed by atoms with E-state index in [1.165, 1.54) is 18.3 Å². The third kappa shape index (κ3) is 3.85. The molecule has 1 aromatic rings. The normalized spacial score (nSPS) is 11.6. The molecule has 1 atom stereocenters. The van der Waals surface area contributed by atoms with Crippen molar-refractivity contribution in [3.8, 4) is 0 Å². The number of pyridine rings is 1. The van der Waals surface area contributed by atoms with E-state index < -0.39 is 30.3 Å². The smallest absolute Gasteiger partial charge is 0.326 e. The van der Waals surface area contributed by atoms with E-state index in [1.54, 1.807) is 6.92 Å². The molecule has 0 aliphatic rings. The number of carboxylic acids is 2. The Labute approximate surface area is 102 Å². The van der Waals surface area contributed by atoms with E-state index in [4.69, 9.17) is 10.2 Å². The minimum atomic E-state index is -1.46. The highest BCUT2D eigenvalue weighted by molar-refractivity contribution is 5.97. The number of carbonyl (C=O) groups is 3. The molecule has 1 amide bonds. The number of aryl methyl sites for hydroxylation is 1. The number of carboxylic acid groups (broad SMARTS) is 2. The Morgan fingerprint density at radius 3 is 2.56 bits per heavy atom. The monoisotopic (exact) mass is 252 g/mol. The number of nitrogens with zero attached hydrogens (tertiary/aromatic N) is 1. The molecule has 0 saturated heterocycles. The molecule has 0 spiro atoms. The zero-order valence-electron chi connectivity index (χ0n) is 9.58. The highest BCUT2D eigenvalue weighted by Crippen LogP contribution is 2.02. The van der Waals surface area contributed by atoms with E-state index >= 15 is 0 Å². The van der Waals surface area contributed by atoms with Gasteiger partial charge in [0.2, 0.25) is 0 Å². The average Bonchev–Trinajstić information content (AvgIpc) is 2.27. The van der Waals surface area contributed by atoms with Gasteiger partial charge in [-0.15, -0.1) is 0 Å². The quantitative estimate of drug-likeness (QED) is 0.681. The second kappa shape index (κ2) is 5.76. The van der Waals surface area contributed by atoms with Crippen LogP contribution in [0, 0.1) is 6.92 Å². The summed E-state index contributed by atoms with van der Waals surface area (Å²) in [5.41, 5.74) is 0.840. The van der Waals surface area contributed by atoms with Crippen LogP contribution in [-0.4, -0.2) is 39.1 Å². The lowest BCUT2D eigenvalue weighted by atomic mass is 10.1. The van der Waals surface area contributed by atoms with E-state index in [0.29, 0.717) is 5.69 Å². The molecule has 18 heavy (non-hydrogen) atoms. The molecule has 7 nitrogen and oxygen atoms in total. The van der Waals surface area contributed by atoms with Gasteiger partial charge in [0.15, 0.2) is 0 Å². The van der Waals surface area contributed by atoms with Crippen molar-refractivity contribution in [2.24, 2.45) is 0 Å². The van der Waals surface area contributed by atoms with E-state index in [-0.39, 0.29) is 5.56 Å². The van der Waals surface area contributed by atoms with Crippen LogP contribution in [0.1, 0.15) is 22.5 Å². The highest BCUT2D eigenvalue weighted by atomic mass is 16.4. The Morgan fingerprint density at radius 2 is 2.06 bits per heavy atom. The van der Waals surface area contributed by atoms with Crippen molar-refractivity contribution in [3.05, 3.63) is 29.6 Å². The third-order valence-corrected chi connectivity index (χ3v) is 2.14. The van der Waals surface area contributed by atoms with Gasteiger partial charge in [0.05, 0.1) is 6.42 Å². The van der Waals surface area contributed by atoms with Crippen molar-refractivity contribution in [1.29, 1.82) is 0 Å². The van der Waals surface area contributed by atoms with Crippen molar-refractivity contribution in [2.75, 3.05) is 0 Å². The van der Waals surface area contributed by atoms with Crippen LogP contribution < -0.4 is 5.32 Å². The van der Waals surface area contributed by atoms with Crippen LogP contribution in [-0.2, 0) is 9.59 Å².